The lowest BCUT2D eigenvalue weighted by Gasteiger charge is -2.27. The van der Waals surface area contributed by atoms with E-state index in [0.29, 0.717) is 32.0 Å². The molecule has 0 spiro atoms. The molecular formula is C24H32FIN4O. The number of benzene rings is 2. The van der Waals surface area contributed by atoms with Crippen LogP contribution in [0.3, 0.4) is 0 Å². The highest BCUT2D eigenvalue weighted by atomic mass is 127. The summed E-state index contributed by atoms with van der Waals surface area (Å²) in [6.45, 7) is 6.91. The molecule has 2 aromatic rings. The molecule has 0 bridgehead atoms. The van der Waals surface area contributed by atoms with Gasteiger partial charge in [-0.3, -0.25) is 9.79 Å². The van der Waals surface area contributed by atoms with E-state index in [0.717, 1.165) is 29.7 Å². The van der Waals surface area contributed by atoms with Crippen LogP contribution in [0.15, 0.2) is 53.5 Å². The number of carbonyl (C=O) groups is 1. The Kier molecular flexibility index (Phi) is 9.28. The van der Waals surface area contributed by atoms with E-state index in [4.69, 9.17) is 0 Å². The van der Waals surface area contributed by atoms with Gasteiger partial charge in [-0.05, 0) is 35.2 Å². The van der Waals surface area contributed by atoms with Crippen LogP contribution in [-0.4, -0.2) is 36.9 Å². The summed E-state index contributed by atoms with van der Waals surface area (Å²) in [5, 5.41) is 6.68. The topological polar surface area (TPSA) is 56.7 Å². The molecule has 0 unspecified atom stereocenters. The second-order valence-electron chi connectivity index (χ2n) is 8.41. The summed E-state index contributed by atoms with van der Waals surface area (Å²) in [6.07, 6.45) is 1.61. The molecule has 0 aliphatic carbocycles. The summed E-state index contributed by atoms with van der Waals surface area (Å²) in [5.74, 6) is 0.710. The second-order valence-corrected chi connectivity index (χ2v) is 8.41. The zero-order chi connectivity index (χ0) is 21.6. The zero-order valence-electron chi connectivity index (χ0n) is 18.5. The molecule has 1 aliphatic heterocycles. The number of hydrogen-bond acceptors (Lipinski definition) is 2. The molecule has 1 fully saturated rings. The van der Waals surface area contributed by atoms with Gasteiger partial charge in [0.15, 0.2) is 5.96 Å². The Morgan fingerprint density at radius 2 is 1.87 bits per heavy atom. The Morgan fingerprint density at radius 3 is 2.55 bits per heavy atom. The number of guanidine groups is 1. The molecule has 2 aromatic carbocycles. The highest BCUT2D eigenvalue weighted by Crippen LogP contribution is 2.22. The van der Waals surface area contributed by atoms with Crippen LogP contribution in [0.2, 0.25) is 0 Å². The van der Waals surface area contributed by atoms with E-state index in [1.807, 2.05) is 17.0 Å². The first-order valence-corrected chi connectivity index (χ1v) is 10.4. The van der Waals surface area contributed by atoms with Crippen LogP contribution >= 0.6 is 24.0 Å². The minimum Gasteiger partial charge on any atom is -0.356 e. The van der Waals surface area contributed by atoms with Crippen molar-refractivity contribution in [1.82, 2.24) is 15.5 Å². The molecule has 1 amide bonds. The molecule has 31 heavy (non-hydrogen) atoms. The number of carbonyl (C=O) groups excluding carboxylic acids is 1. The van der Waals surface area contributed by atoms with Crippen LogP contribution in [0.25, 0.3) is 0 Å². The van der Waals surface area contributed by atoms with Crippen molar-refractivity contribution in [2.45, 2.75) is 45.2 Å². The maximum atomic E-state index is 13.6. The fourth-order valence-electron chi connectivity index (χ4n) is 3.65. The Balaban J connectivity index is 0.00000341. The van der Waals surface area contributed by atoms with Gasteiger partial charge in [-0.2, -0.15) is 0 Å². The predicted molar refractivity (Wildman–Crippen MR) is 134 cm³/mol. The molecule has 7 heteroatoms. The molecular weight excluding hydrogens is 506 g/mol. The van der Waals surface area contributed by atoms with E-state index in [1.54, 1.807) is 19.2 Å². The maximum absolute atomic E-state index is 13.6. The molecule has 5 nitrogen and oxygen atoms in total. The summed E-state index contributed by atoms with van der Waals surface area (Å²) in [5.41, 5.74) is 2.96. The van der Waals surface area contributed by atoms with Gasteiger partial charge in [0.05, 0.1) is 0 Å². The van der Waals surface area contributed by atoms with Gasteiger partial charge in [-0.1, -0.05) is 50.2 Å². The highest BCUT2D eigenvalue weighted by Gasteiger charge is 2.22. The monoisotopic (exact) mass is 538 g/mol. The summed E-state index contributed by atoms with van der Waals surface area (Å²) in [7, 11) is 1.74. The fraction of sp³-hybridized carbons (Fsp3) is 0.417. The van der Waals surface area contributed by atoms with Crippen molar-refractivity contribution in [2.24, 2.45) is 4.99 Å². The van der Waals surface area contributed by atoms with E-state index in [2.05, 4.69) is 47.7 Å². The third kappa shape index (κ3) is 7.19. The first-order valence-electron chi connectivity index (χ1n) is 10.4. The largest absolute Gasteiger partial charge is 0.356 e. The lowest BCUT2D eigenvalue weighted by molar-refractivity contribution is -0.128. The molecule has 0 aromatic heterocycles. The van der Waals surface area contributed by atoms with Gasteiger partial charge in [-0.25, -0.2) is 4.39 Å². The molecule has 0 atom stereocenters. The van der Waals surface area contributed by atoms with E-state index < -0.39 is 0 Å². The zero-order valence-corrected chi connectivity index (χ0v) is 20.8. The van der Waals surface area contributed by atoms with Crippen molar-refractivity contribution in [3.63, 3.8) is 0 Å². The van der Waals surface area contributed by atoms with Gasteiger partial charge >= 0.3 is 0 Å². The average Bonchev–Trinajstić information content (AvgIpc) is 3.13. The first-order chi connectivity index (χ1) is 14.4. The molecule has 1 saturated heterocycles. The average molecular weight is 538 g/mol. The smallest absolute Gasteiger partial charge is 0.222 e. The Bertz CT molecular complexity index is 916. The summed E-state index contributed by atoms with van der Waals surface area (Å²) >= 11 is 0. The minimum absolute atomic E-state index is 0. The number of hydrogen-bond donors (Lipinski definition) is 2. The van der Waals surface area contributed by atoms with Crippen molar-refractivity contribution in [3.8, 4) is 0 Å². The molecule has 168 valence electrons. The number of halogens is 2. The maximum Gasteiger partial charge on any atom is 0.222 e. The van der Waals surface area contributed by atoms with Gasteiger partial charge in [0.2, 0.25) is 5.91 Å². The summed E-state index contributed by atoms with van der Waals surface area (Å²) < 4.78 is 13.6. The minimum atomic E-state index is -0.248. The van der Waals surface area contributed by atoms with Gasteiger partial charge < -0.3 is 15.5 Å². The van der Waals surface area contributed by atoms with Gasteiger partial charge in [0.25, 0.3) is 0 Å². The molecule has 1 aliphatic rings. The number of nitrogens with one attached hydrogen (secondary N) is 2. The predicted octanol–water partition coefficient (Wildman–Crippen LogP) is 4.21. The van der Waals surface area contributed by atoms with E-state index >= 15 is 0 Å². The SMILES string of the molecule is CN=C(NCc1cccc(CN2CCCC2=O)c1)NCC(C)(C)c1cccc(F)c1.I. The van der Waals surface area contributed by atoms with Crippen LogP contribution in [0.4, 0.5) is 4.39 Å². The lowest BCUT2D eigenvalue weighted by Crippen LogP contribution is -2.43. The van der Waals surface area contributed by atoms with E-state index in [9.17, 15) is 9.18 Å². The number of nitrogens with zero attached hydrogens (tertiary/aromatic N) is 2. The lowest BCUT2D eigenvalue weighted by atomic mass is 9.84. The van der Waals surface area contributed by atoms with Crippen LogP contribution < -0.4 is 10.6 Å². The Labute approximate surface area is 201 Å². The van der Waals surface area contributed by atoms with Gasteiger partial charge in [0, 0.05) is 45.1 Å². The number of amides is 1. The molecule has 1 heterocycles. The molecule has 0 saturated carbocycles. The van der Waals surface area contributed by atoms with E-state index in [-0.39, 0.29) is 41.1 Å². The van der Waals surface area contributed by atoms with Crippen molar-refractivity contribution in [1.29, 1.82) is 0 Å². The highest BCUT2D eigenvalue weighted by molar-refractivity contribution is 14.0. The second kappa shape index (κ2) is 11.5. The third-order valence-corrected chi connectivity index (χ3v) is 5.52. The number of aliphatic imine (C=N–C) groups is 1. The quantitative estimate of drug-likeness (QED) is 0.316. The van der Waals surface area contributed by atoms with Gasteiger partial charge in [-0.15, -0.1) is 24.0 Å². The normalized spacial score (nSPS) is 14.4. The summed E-state index contributed by atoms with van der Waals surface area (Å²) in [4.78, 5) is 18.1. The van der Waals surface area contributed by atoms with Crippen molar-refractivity contribution in [3.05, 3.63) is 71.0 Å². The van der Waals surface area contributed by atoms with Crippen molar-refractivity contribution in [2.75, 3.05) is 20.1 Å². The van der Waals surface area contributed by atoms with Gasteiger partial charge in [0.1, 0.15) is 5.82 Å². The molecule has 3 rings (SSSR count). The van der Waals surface area contributed by atoms with Crippen LogP contribution in [-0.2, 0) is 23.3 Å². The standard InChI is InChI=1S/C24H31FN4O.HI/c1-24(2,20-9-5-10-21(25)14-20)17-28-23(26-3)27-15-18-7-4-8-19(13-18)16-29-12-6-11-22(29)30;/h4-5,7-10,13-14H,6,11-12,15-17H2,1-3H3,(H2,26,27,28);1H. The number of rotatable bonds is 7. The van der Waals surface area contributed by atoms with Crippen LogP contribution in [0.1, 0.15) is 43.4 Å². The fourth-order valence-corrected chi connectivity index (χ4v) is 3.65. The van der Waals surface area contributed by atoms with Crippen LogP contribution in [0, 0.1) is 5.82 Å². The summed E-state index contributed by atoms with van der Waals surface area (Å²) in [6, 6.07) is 15.0. The number of likely N-dealkylation sites (tertiary alicyclic amines) is 1. The van der Waals surface area contributed by atoms with E-state index in [1.165, 1.54) is 6.07 Å². The Hall–Kier alpha value is -2.16. The molecule has 0 radical (unpaired) electrons. The third-order valence-electron chi connectivity index (χ3n) is 5.52. The first kappa shape index (κ1) is 25.1. The Morgan fingerprint density at radius 1 is 1.13 bits per heavy atom. The van der Waals surface area contributed by atoms with Crippen molar-refractivity contribution < 1.29 is 9.18 Å². The van der Waals surface area contributed by atoms with Crippen LogP contribution in [0.5, 0.6) is 0 Å². The molecule has 2 N–H and O–H groups in total. The van der Waals surface area contributed by atoms with Crippen molar-refractivity contribution >= 4 is 35.8 Å².